The van der Waals surface area contributed by atoms with Gasteiger partial charge >= 0.3 is 277 Å². The van der Waals surface area contributed by atoms with E-state index in [2.05, 4.69) is 133 Å². The Hall–Kier alpha value is -0.980. The Morgan fingerprint density at radius 3 is 1.23 bits per heavy atom. The number of hydrogen-bond donors (Lipinski definition) is 0. The van der Waals surface area contributed by atoms with Crippen LogP contribution in [0.5, 0.6) is 0 Å². The van der Waals surface area contributed by atoms with E-state index < -0.39 is 23.9 Å². The van der Waals surface area contributed by atoms with E-state index in [1.54, 1.807) is 55.7 Å². The summed E-state index contributed by atoms with van der Waals surface area (Å²) < 4.78 is 4.44. The molecule has 2 atom stereocenters. The molecule has 0 heterocycles. The molecule has 0 saturated heterocycles. The van der Waals surface area contributed by atoms with Gasteiger partial charge in [-0.25, -0.2) is 0 Å². The molecule has 2 unspecified atom stereocenters. The quantitative estimate of drug-likeness (QED) is 0.184. The summed E-state index contributed by atoms with van der Waals surface area (Å²) in [4.78, 5) is 0. The van der Waals surface area contributed by atoms with Gasteiger partial charge in [0.2, 0.25) is 0 Å². The Kier molecular flexibility index (Phi) is 11.1. The fourth-order valence-corrected chi connectivity index (χ4v) is 60.3. The van der Waals surface area contributed by atoms with Gasteiger partial charge in [-0.15, -0.1) is 0 Å². The molecule has 44 heavy (non-hydrogen) atoms. The van der Waals surface area contributed by atoms with Crippen molar-refractivity contribution in [2.24, 2.45) is 0 Å². The van der Waals surface area contributed by atoms with Crippen LogP contribution in [0.25, 0.3) is 12.2 Å². The predicted octanol–water partition coefficient (Wildman–Crippen LogP) is 13.9. The maximum atomic E-state index is 2.85. The van der Waals surface area contributed by atoms with Gasteiger partial charge in [0.1, 0.15) is 0 Å². The van der Waals surface area contributed by atoms with Crippen LogP contribution < -0.4 is 0 Å². The van der Waals surface area contributed by atoms with Gasteiger partial charge < -0.3 is 0 Å². The molecule has 0 saturated carbocycles. The van der Waals surface area contributed by atoms with Crippen molar-refractivity contribution < 1.29 is 17.9 Å². The molecular weight excluding hydrogens is 624 g/mol. The van der Waals surface area contributed by atoms with Crippen molar-refractivity contribution in [3.63, 3.8) is 0 Å². The van der Waals surface area contributed by atoms with Gasteiger partial charge in [0.15, 0.2) is 0 Å². The Labute approximate surface area is 275 Å². The second-order valence-corrected chi connectivity index (χ2v) is 51.4. The molecule has 4 rings (SSSR count). The van der Waals surface area contributed by atoms with E-state index in [0.717, 1.165) is 0 Å². The molecule has 2 heteroatoms. The minimum absolute atomic E-state index is 0.546. The average molecular weight is 691 g/mol. The Morgan fingerprint density at radius 1 is 0.591 bits per heavy atom. The molecule has 0 aromatic heterocycles. The molecule has 0 spiro atoms. The third-order valence-corrected chi connectivity index (χ3v) is 63.6. The first-order valence-corrected chi connectivity index (χ1v) is 32.0. The van der Waals surface area contributed by atoms with Crippen LogP contribution in [0.4, 0.5) is 0 Å². The third kappa shape index (κ3) is 5.74. The standard InChI is InChI=1S/2C16H21.2C4H9.C2H7Si.Zr/c2*1-10(2)13-8-14-6-12(5)7-16(14)15(9-13)11(3)4;2*1-3-4-2;1-3-2;/h2*6-11H,1-5H3;2*1,3-4H2,2H3;3H,1-2H3;. The first-order chi connectivity index (χ1) is 20.6. The van der Waals surface area contributed by atoms with Crippen LogP contribution >= 0.6 is 0 Å². The molecule has 0 nitrogen and oxygen atoms in total. The summed E-state index contributed by atoms with van der Waals surface area (Å²) in [6.45, 7) is 35.1. The fourth-order valence-electron chi connectivity index (χ4n) is 10.3. The monoisotopic (exact) mass is 689 g/mol. The van der Waals surface area contributed by atoms with Crippen molar-refractivity contribution in [3.8, 4) is 0 Å². The molecule has 2 aliphatic carbocycles. The summed E-state index contributed by atoms with van der Waals surface area (Å²) in [7, 11) is 0. The first kappa shape index (κ1) is 35.9. The number of hydrogen-bond acceptors (Lipinski definition) is 0. The van der Waals surface area contributed by atoms with Crippen LogP contribution in [0, 0.1) is 0 Å². The van der Waals surface area contributed by atoms with Crippen molar-refractivity contribution in [1.29, 1.82) is 0 Å². The van der Waals surface area contributed by atoms with Gasteiger partial charge in [0.05, 0.1) is 0 Å². The van der Waals surface area contributed by atoms with E-state index >= 15 is 0 Å². The number of benzene rings is 2. The topological polar surface area (TPSA) is 0 Å². The SMILES string of the molecule is CCC[CH2][Zr]([CH2]CCC)([CH]1C(C)=Cc2c(C(C)C)cc(C(C)C)cc21)([CH]1C(C)=Cc2c(C(C)C)cc(C(C)C)cc21)[SiH](C)C. The molecule has 0 N–H and O–H groups in total. The first-order valence-electron chi connectivity index (χ1n) is 18.5. The molecular formula is C42H67SiZr. The van der Waals surface area contributed by atoms with Crippen molar-refractivity contribution in [2.45, 2.75) is 161 Å². The number of fused-ring (bicyclic) bond motifs is 2. The molecule has 2 aromatic rings. The summed E-state index contributed by atoms with van der Waals surface area (Å²) >= 11 is -3.87. The number of allylic oxidation sites excluding steroid dienone is 2. The fraction of sp³-hybridized carbons (Fsp3) is 0.619. The molecule has 0 bridgehead atoms. The number of rotatable bonds is 13. The van der Waals surface area contributed by atoms with Crippen molar-refractivity contribution in [3.05, 3.63) is 79.9 Å². The summed E-state index contributed by atoms with van der Waals surface area (Å²) in [5.41, 5.74) is 16.6. The average Bonchev–Trinajstić information content (AvgIpc) is 3.48. The van der Waals surface area contributed by atoms with E-state index in [1.807, 2.05) is 0 Å². The van der Waals surface area contributed by atoms with Crippen LogP contribution in [-0.2, 0) is 17.9 Å². The van der Waals surface area contributed by atoms with E-state index in [1.165, 1.54) is 33.9 Å². The van der Waals surface area contributed by atoms with Gasteiger partial charge in [-0.3, -0.25) is 0 Å². The number of unbranched alkanes of at least 4 members (excludes halogenated alkanes) is 2. The predicted molar refractivity (Wildman–Crippen MR) is 200 cm³/mol. The zero-order valence-corrected chi connectivity index (χ0v) is 34.9. The second kappa shape index (κ2) is 13.6. The zero-order chi connectivity index (χ0) is 32.7. The van der Waals surface area contributed by atoms with E-state index in [9.17, 15) is 0 Å². The normalized spacial score (nSPS) is 19.2. The second-order valence-electron chi connectivity index (χ2n) is 16.8. The van der Waals surface area contributed by atoms with Crippen LogP contribution in [0.2, 0.25) is 21.4 Å². The van der Waals surface area contributed by atoms with Crippen molar-refractivity contribution in [1.82, 2.24) is 0 Å². The van der Waals surface area contributed by atoms with Gasteiger partial charge in [0, 0.05) is 0 Å². The Balaban J connectivity index is 2.21. The van der Waals surface area contributed by atoms with Crippen LogP contribution in [0.3, 0.4) is 0 Å². The summed E-state index contributed by atoms with van der Waals surface area (Å²) in [5.74, 6) is 1.05. The summed E-state index contributed by atoms with van der Waals surface area (Å²) in [6.07, 6.45) is 10.9. The molecule has 0 amide bonds. The maximum absolute atomic E-state index is 3.87. The van der Waals surface area contributed by atoms with Gasteiger partial charge in [-0.2, -0.15) is 0 Å². The summed E-state index contributed by atoms with van der Waals surface area (Å²) in [5, 5.41) is 0. The van der Waals surface area contributed by atoms with E-state index in [4.69, 9.17) is 0 Å². The van der Waals surface area contributed by atoms with Crippen LogP contribution in [0.1, 0.15) is 184 Å². The molecule has 0 aliphatic heterocycles. The van der Waals surface area contributed by atoms with E-state index in [0.29, 0.717) is 30.9 Å². The third-order valence-electron chi connectivity index (χ3n) is 12.6. The van der Waals surface area contributed by atoms with Crippen LogP contribution in [-0.4, -0.2) is 5.92 Å². The van der Waals surface area contributed by atoms with Gasteiger partial charge in [-0.1, -0.05) is 0 Å². The minimum atomic E-state index is -3.87. The zero-order valence-electron chi connectivity index (χ0n) is 31.2. The molecule has 2 aromatic carbocycles. The van der Waals surface area contributed by atoms with Crippen LogP contribution in [0.15, 0.2) is 35.4 Å². The van der Waals surface area contributed by atoms with Crippen molar-refractivity contribution in [2.75, 3.05) is 0 Å². The molecule has 0 radical (unpaired) electrons. The van der Waals surface area contributed by atoms with Crippen molar-refractivity contribution >= 4 is 18.1 Å². The molecule has 0 fully saturated rings. The Morgan fingerprint density at radius 2 is 0.955 bits per heavy atom. The molecule has 2 aliphatic rings. The van der Waals surface area contributed by atoms with Gasteiger partial charge in [-0.05, 0) is 0 Å². The molecule has 243 valence electrons. The Bertz CT molecular complexity index is 1310. The summed E-state index contributed by atoms with van der Waals surface area (Å²) in [6, 6.07) is 10.6. The van der Waals surface area contributed by atoms with Gasteiger partial charge in [0.25, 0.3) is 0 Å². The van der Waals surface area contributed by atoms with E-state index in [-0.39, 0.29) is 0 Å².